The van der Waals surface area contributed by atoms with Crippen LogP contribution in [0.25, 0.3) is 0 Å². The second kappa shape index (κ2) is 21.4. The van der Waals surface area contributed by atoms with Crippen molar-refractivity contribution in [1.29, 1.82) is 0 Å². The van der Waals surface area contributed by atoms with Gasteiger partial charge in [0.2, 0.25) is 0 Å². The lowest BCUT2D eigenvalue weighted by Gasteiger charge is -2.26. The Morgan fingerprint density at radius 3 is 1.42 bits per heavy atom. The van der Waals surface area contributed by atoms with Crippen molar-refractivity contribution >= 4 is 17.0 Å². The van der Waals surface area contributed by atoms with Crippen LogP contribution in [0.1, 0.15) is 96.8 Å². The molecule has 0 aromatic heterocycles. The monoisotopic (exact) mass is 408 g/mol. The first kappa shape index (κ1) is 26.6. The standard InChI is InChI=1S/C20H41NO.BrH.H3N/c1-2-3-4-5-6-7-8-9-10-11-12-13-14-15-16-21-17-19-22-20-18-21;;/h2-20H2,1H3;1H;1H3. The van der Waals surface area contributed by atoms with Gasteiger partial charge in [0.25, 0.3) is 0 Å². The summed E-state index contributed by atoms with van der Waals surface area (Å²) in [6.45, 7) is 7.78. The fourth-order valence-electron chi connectivity index (χ4n) is 3.35. The van der Waals surface area contributed by atoms with E-state index < -0.39 is 0 Å². The van der Waals surface area contributed by atoms with Crippen LogP contribution in [-0.2, 0) is 4.74 Å². The topological polar surface area (TPSA) is 47.5 Å². The molecule has 0 saturated carbocycles. The van der Waals surface area contributed by atoms with E-state index in [1.54, 1.807) is 0 Å². The van der Waals surface area contributed by atoms with E-state index in [-0.39, 0.29) is 23.1 Å². The third-order valence-corrected chi connectivity index (χ3v) is 4.93. The quantitative estimate of drug-likeness (QED) is 0.312. The summed E-state index contributed by atoms with van der Waals surface area (Å²) in [4.78, 5) is 2.56. The molecule has 1 heterocycles. The largest absolute Gasteiger partial charge is 0.379 e. The Morgan fingerprint density at radius 2 is 1.00 bits per heavy atom. The second-order valence-corrected chi connectivity index (χ2v) is 7.05. The minimum absolute atomic E-state index is 0. The molecule has 0 unspecified atom stereocenters. The highest BCUT2D eigenvalue weighted by molar-refractivity contribution is 8.93. The molecular formula is C20H45BrN2O. The third-order valence-electron chi connectivity index (χ3n) is 4.93. The van der Waals surface area contributed by atoms with Gasteiger partial charge in [0.1, 0.15) is 0 Å². The van der Waals surface area contributed by atoms with Gasteiger partial charge in [0.05, 0.1) is 13.2 Å². The average molecular weight is 409 g/mol. The molecule has 3 nitrogen and oxygen atoms in total. The smallest absolute Gasteiger partial charge is 0.0594 e. The number of hydrogen-bond acceptors (Lipinski definition) is 3. The highest BCUT2D eigenvalue weighted by Gasteiger charge is 2.08. The number of hydrogen-bond donors (Lipinski definition) is 1. The van der Waals surface area contributed by atoms with Gasteiger partial charge in [-0.2, -0.15) is 0 Å². The Labute approximate surface area is 162 Å². The van der Waals surface area contributed by atoms with Gasteiger partial charge in [-0.3, -0.25) is 4.90 Å². The molecule has 0 spiro atoms. The molecule has 1 aliphatic rings. The van der Waals surface area contributed by atoms with Crippen molar-refractivity contribution in [3.05, 3.63) is 0 Å². The first-order valence-electron chi connectivity index (χ1n) is 10.2. The van der Waals surface area contributed by atoms with Crippen molar-refractivity contribution in [2.24, 2.45) is 0 Å². The number of rotatable bonds is 15. The van der Waals surface area contributed by atoms with E-state index in [2.05, 4.69) is 11.8 Å². The van der Waals surface area contributed by atoms with E-state index in [0.29, 0.717) is 0 Å². The highest BCUT2D eigenvalue weighted by Crippen LogP contribution is 2.13. The van der Waals surface area contributed by atoms with Crippen LogP contribution in [0.15, 0.2) is 0 Å². The molecule has 0 aromatic rings. The molecule has 0 atom stereocenters. The number of unbranched alkanes of at least 4 members (excludes halogenated alkanes) is 13. The van der Waals surface area contributed by atoms with E-state index in [1.807, 2.05) is 0 Å². The lowest BCUT2D eigenvalue weighted by molar-refractivity contribution is 0.0371. The lowest BCUT2D eigenvalue weighted by Crippen LogP contribution is -2.36. The van der Waals surface area contributed by atoms with Gasteiger partial charge < -0.3 is 10.9 Å². The van der Waals surface area contributed by atoms with Crippen LogP contribution >= 0.6 is 17.0 Å². The Hall–Kier alpha value is 0.360. The van der Waals surface area contributed by atoms with Gasteiger partial charge in [-0.1, -0.05) is 90.4 Å². The van der Waals surface area contributed by atoms with Crippen LogP contribution in [0.3, 0.4) is 0 Å². The summed E-state index contributed by atoms with van der Waals surface area (Å²) in [6.07, 6.45) is 20.3. The Balaban J connectivity index is 0. The second-order valence-electron chi connectivity index (χ2n) is 7.05. The maximum atomic E-state index is 5.38. The summed E-state index contributed by atoms with van der Waals surface area (Å²) < 4.78 is 5.38. The van der Waals surface area contributed by atoms with Crippen LogP contribution in [0, 0.1) is 0 Å². The number of nitrogens with zero attached hydrogens (tertiary/aromatic N) is 1. The van der Waals surface area contributed by atoms with Crippen molar-refractivity contribution in [2.45, 2.75) is 96.8 Å². The maximum absolute atomic E-state index is 5.38. The molecular weight excluding hydrogens is 364 g/mol. The molecule has 0 bridgehead atoms. The van der Waals surface area contributed by atoms with Crippen molar-refractivity contribution in [2.75, 3.05) is 32.8 Å². The van der Waals surface area contributed by atoms with Gasteiger partial charge in [-0.25, -0.2) is 0 Å². The predicted octanol–water partition coefficient (Wildman–Crippen LogP) is 6.54. The minimum Gasteiger partial charge on any atom is -0.379 e. The molecule has 3 N–H and O–H groups in total. The zero-order valence-electron chi connectivity index (χ0n) is 16.4. The Bertz CT molecular complexity index is 224. The summed E-state index contributed by atoms with van der Waals surface area (Å²) in [7, 11) is 0. The van der Waals surface area contributed by atoms with Gasteiger partial charge in [-0.15, -0.1) is 17.0 Å². The predicted molar refractivity (Wildman–Crippen MR) is 113 cm³/mol. The molecule has 0 aliphatic carbocycles. The van der Waals surface area contributed by atoms with E-state index in [0.717, 1.165) is 26.3 Å². The SMILES string of the molecule is Br.CCCCCCCCCCCCCCCCN1CCOCC1.N. The van der Waals surface area contributed by atoms with Crippen LogP contribution in [0.5, 0.6) is 0 Å². The van der Waals surface area contributed by atoms with Crippen molar-refractivity contribution < 1.29 is 4.74 Å². The lowest BCUT2D eigenvalue weighted by atomic mass is 10.0. The van der Waals surface area contributed by atoms with E-state index in [9.17, 15) is 0 Å². The third kappa shape index (κ3) is 17.2. The molecule has 1 rings (SSSR count). The zero-order chi connectivity index (χ0) is 15.7. The average Bonchev–Trinajstić information content (AvgIpc) is 2.56. The number of halogens is 1. The van der Waals surface area contributed by atoms with Crippen molar-refractivity contribution in [1.82, 2.24) is 11.1 Å². The zero-order valence-corrected chi connectivity index (χ0v) is 18.1. The minimum atomic E-state index is 0. The summed E-state index contributed by atoms with van der Waals surface area (Å²) in [5.41, 5.74) is 0. The van der Waals surface area contributed by atoms with Gasteiger partial charge >= 0.3 is 0 Å². The van der Waals surface area contributed by atoms with Crippen LogP contribution in [-0.4, -0.2) is 37.7 Å². The van der Waals surface area contributed by atoms with E-state index in [1.165, 1.54) is 96.4 Å². The fraction of sp³-hybridized carbons (Fsp3) is 1.00. The van der Waals surface area contributed by atoms with Crippen molar-refractivity contribution in [3.63, 3.8) is 0 Å². The first-order chi connectivity index (χ1) is 10.9. The molecule has 0 aromatic carbocycles. The van der Waals surface area contributed by atoms with Crippen LogP contribution < -0.4 is 6.15 Å². The normalized spacial score (nSPS) is 14.9. The molecule has 24 heavy (non-hydrogen) atoms. The maximum Gasteiger partial charge on any atom is 0.0594 e. The number of ether oxygens (including phenoxy) is 1. The first-order valence-corrected chi connectivity index (χ1v) is 10.2. The molecule has 0 amide bonds. The molecule has 0 radical (unpaired) electrons. The molecule has 1 fully saturated rings. The summed E-state index contributed by atoms with van der Waals surface area (Å²) >= 11 is 0. The van der Waals surface area contributed by atoms with Crippen molar-refractivity contribution in [3.8, 4) is 0 Å². The Kier molecular flexibility index (Phi) is 23.7. The summed E-state index contributed by atoms with van der Waals surface area (Å²) in [5, 5.41) is 0. The molecule has 1 aliphatic heterocycles. The van der Waals surface area contributed by atoms with E-state index >= 15 is 0 Å². The Morgan fingerprint density at radius 1 is 0.625 bits per heavy atom. The van der Waals surface area contributed by atoms with Crippen LogP contribution in [0.4, 0.5) is 0 Å². The number of morpholine rings is 1. The molecule has 1 saturated heterocycles. The van der Waals surface area contributed by atoms with Gasteiger partial charge in [-0.05, 0) is 13.0 Å². The van der Waals surface area contributed by atoms with E-state index in [4.69, 9.17) is 4.74 Å². The summed E-state index contributed by atoms with van der Waals surface area (Å²) in [5.74, 6) is 0. The van der Waals surface area contributed by atoms with Gasteiger partial charge in [0, 0.05) is 13.1 Å². The van der Waals surface area contributed by atoms with Gasteiger partial charge in [0.15, 0.2) is 0 Å². The fourth-order valence-corrected chi connectivity index (χ4v) is 3.35. The molecule has 148 valence electrons. The summed E-state index contributed by atoms with van der Waals surface area (Å²) in [6, 6.07) is 0. The van der Waals surface area contributed by atoms with Crippen LogP contribution in [0.2, 0.25) is 0 Å². The molecule has 4 heteroatoms. The highest BCUT2D eigenvalue weighted by atomic mass is 79.9.